The third kappa shape index (κ3) is 3.14. The predicted molar refractivity (Wildman–Crippen MR) is 115 cm³/mol. The number of nitrogens with zero attached hydrogens (tertiary/aromatic N) is 5. The lowest BCUT2D eigenvalue weighted by molar-refractivity contribution is -0.133. The number of hydrogen-bond donors (Lipinski definition) is 1. The first-order chi connectivity index (χ1) is 14.5. The van der Waals surface area contributed by atoms with Gasteiger partial charge in [0.25, 0.3) is 0 Å². The van der Waals surface area contributed by atoms with E-state index >= 15 is 0 Å². The van der Waals surface area contributed by atoms with Crippen LogP contribution in [0, 0.1) is 25.2 Å². The van der Waals surface area contributed by atoms with Crippen molar-refractivity contribution in [2.45, 2.75) is 45.4 Å². The maximum Gasteiger partial charge on any atom is 0.157 e. The minimum Gasteiger partial charge on any atom is -0.371 e. The van der Waals surface area contributed by atoms with Gasteiger partial charge in [0.2, 0.25) is 0 Å². The molecule has 3 aliphatic rings. The molecule has 0 amide bonds. The van der Waals surface area contributed by atoms with Crippen molar-refractivity contribution in [3.8, 4) is 6.07 Å². The van der Waals surface area contributed by atoms with E-state index in [4.69, 9.17) is 9.72 Å². The summed E-state index contributed by atoms with van der Waals surface area (Å²) in [6, 6.07) is 10.2. The third-order valence-electron chi connectivity index (χ3n) is 6.23. The van der Waals surface area contributed by atoms with E-state index in [1.165, 1.54) is 0 Å². The molecule has 7 nitrogen and oxygen atoms in total. The maximum atomic E-state index is 9.35. The number of aromatic nitrogens is 3. The van der Waals surface area contributed by atoms with Gasteiger partial charge >= 0.3 is 0 Å². The molecular formula is C23H24N6O. The molecule has 30 heavy (non-hydrogen) atoms. The quantitative estimate of drug-likeness (QED) is 0.715. The summed E-state index contributed by atoms with van der Waals surface area (Å²) in [5, 5.41) is 23.7. The number of nitriles is 1. The Kier molecular flexibility index (Phi) is 4.52. The van der Waals surface area contributed by atoms with Crippen molar-refractivity contribution in [1.29, 1.82) is 5.26 Å². The van der Waals surface area contributed by atoms with Gasteiger partial charge in [-0.15, -0.1) is 5.10 Å². The summed E-state index contributed by atoms with van der Waals surface area (Å²) in [4.78, 5) is 7.00. The van der Waals surface area contributed by atoms with Gasteiger partial charge in [-0.2, -0.15) is 10.4 Å². The lowest BCUT2D eigenvalue weighted by atomic mass is 9.98. The van der Waals surface area contributed by atoms with E-state index in [0.717, 1.165) is 58.7 Å². The van der Waals surface area contributed by atoms with Crippen LogP contribution in [-0.4, -0.2) is 40.5 Å². The van der Waals surface area contributed by atoms with Gasteiger partial charge in [-0.05, 0) is 44.0 Å². The van der Waals surface area contributed by atoms with Crippen LogP contribution in [0.2, 0.25) is 0 Å². The summed E-state index contributed by atoms with van der Waals surface area (Å²) < 4.78 is 5.76. The number of rotatable bonds is 4. The zero-order valence-corrected chi connectivity index (χ0v) is 17.4. The number of aryl methyl sites for hydroxylation is 1. The Balaban J connectivity index is 1.50. The monoisotopic (exact) mass is 400 g/mol. The smallest absolute Gasteiger partial charge is 0.157 e. The molecule has 5 heterocycles. The van der Waals surface area contributed by atoms with E-state index in [2.05, 4.69) is 39.5 Å². The highest BCUT2D eigenvalue weighted by molar-refractivity contribution is 5.94. The van der Waals surface area contributed by atoms with Crippen LogP contribution >= 0.6 is 0 Å². The molecule has 0 saturated carbocycles. The molecule has 0 radical (unpaired) electrons. The SMILES string of the molecule is Cc1c(C#N)cccc1[C@@H](C)Nc1nnc(C)c2cnc(N3CC4CC(C3)O4)cc12. The van der Waals surface area contributed by atoms with Gasteiger partial charge in [0.1, 0.15) is 5.82 Å². The second kappa shape index (κ2) is 7.22. The average Bonchev–Trinajstić information content (AvgIpc) is 2.75. The average molecular weight is 400 g/mol. The van der Waals surface area contributed by atoms with E-state index in [0.29, 0.717) is 17.8 Å². The molecule has 3 aromatic rings. The Labute approximate surface area is 175 Å². The minimum atomic E-state index is -0.0221. The highest BCUT2D eigenvalue weighted by Gasteiger charge is 2.38. The van der Waals surface area contributed by atoms with Gasteiger partial charge in [0.15, 0.2) is 5.82 Å². The second-order valence-corrected chi connectivity index (χ2v) is 8.24. The molecule has 1 N–H and O–H groups in total. The van der Waals surface area contributed by atoms with Crippen molar-refractivity contribution in [1.82, 2.24) is 15.2 Å². The summed E-state index contributed by atoms with van der Waals surface area (Å²) in [5.41, 5.74) is 3.61. The summed E-state index contributed by atoms with van der Waals surface area (Å²) in [7, 11) is 0. The number of nitrogens with one attached hydrogen (secondary N) is 1. The Hall–Kier alpha value is -3.24. The van der Waals surface area contributed by atoms with Crippen LogP contribution < -0.4 is 10.2 Å². The fraction of sp³-hybridized carbons (Fsp3) is 0.391. The first-order valence-corrected chi connectivity index (χ1v) is 10.3. The highest BCUT2D eigenvalue weighted by atomic mass is 16.5. The number of anilines is 2. The Bertz CT molecular complexity index is 1150. The largest absolute Gasteiger partial charge is 0.371 e. The van der Waals surface area contributed by atoms with E-state index in [1.54, 1.807) is 0 Å². The van der Waals surface area contributed by atoms with Crippen LogP contribution in [0.4, 0.5) is 11.6 Å². The lowest BCUT2D eigenvalue weighted by Crippen LogP contribution is -2.57. The number of morpholine rings is 1. The molecule has 0 aliphatic carbocycles. The van der Waals surface area contributed by atoms with E-state index in [9.17, 15) is 5.26 Å². The zero-order valence-electron chi connectivity index (χ0n) is 17.4. The van der Waals surface area contributed by atoms with Gasteiger partial charge in [-0.25, -0.2) is 4.98 Å². The summed E-state index contributed by atoms with van der Waals surface area (Å²) in [6.45, 7) is 7.78. The lowest BCUT2D eigenvalue weighted by Gasteiger charge is -2.47. The Morgan fingerprint density at radius 2 is 1.97 bits per heavy atom. The number of pyridine rings is 1. The van der Waals surface area contributed by atoms with Crippen LogP contribution in [0.5, 0.6) is 0 Å². The number of benzene rings is 1. The molecule has 3 aliphatic heterocycles. The highest BCUT2D eigenvalue weighted by Crippen LogP contribution is 2.33. The number of fused-ring (bicyclic) bond motifs is 3. The van der Waals surface area contributed by atoms with E-state index in [1.807, 2.05) is 38.2 Å². The summed E-state index contributed by atoms with van der Waals surface area (Å²) >= 11 is 0. The Morgan fingerprint density at radius 1 is 1.20 bits per heavy atom. The van der Waals surface area contributed by atoms with Gasteiger partial charge in [0, 0.05) is 36.5 Å². The second-order valence-electron chi connectivity index (χ2n) is 8.24. The van der Waals surface area contributed by atoms with Crippen LogP contribution in [-0.2, 0) is 4.74 Å². The van der Waals surface area contributed by atoms with Crippen LogP contribution in [0.15, 0.2) is 30.5 Å². The molecular weight excluding hydrogens is 376 g/mol. The van der Waals surface area contributed by atoms with Crippen molar-refractivity contribution < 1.29 is 4.74 Å². The van der Waals surface area contributed by atoms with Gasteiger partial charge in [-0.1, -0.05) is 12.1 Å². The number of ether oxygens (including phenoxy) is 1. The van der Waals surface area contributed by atoms with Gasteiger partial charge in [-0.3, -0.25) is 0 Å². The first-order valence-electron chi connectivity index (χ1n) is 10.3. The van der Waals surface area contributed by atoms with Crippen LogP contribution in [0.1, 0.15) is 41.8 Å². The predicted octanol–water partition coefficient (Wildman–Crippen LogP) is 3.66. The normalized spacial score (nSPS) is 21.1. The molecule has 3 saturated heterocycles. The van der Waals surface area contributed by atoms with E-state index < -0.39 is 0 Å². The van der Waals surface area contributed by atoms with Crippen molar-refractivity contribution in [2.24, 2.45) is 0 Å². The standard InChI is InChI=1S/C23H24N6O/c1-13-16(9-24)5-4-6-19(13)14(2)26-23-20-8-22(25-10-21(20)15(3)27-28-23)29-11-17-7-18(12-29)30-17/h4-6,8,10,14,17-18H,7,11-12H2,1-3H3,(H,26,28)/t14-,17?,18?/m1/s1. The molecule has 3 fully saturated rings. The van der Waals surface area contributed by atoms with Crippen LogP contribution in [0.3, 0.4) is 0 Å². The molecule has 3 atom stereocenters. The molecule has 152 valence electrons. The van der Waals surface area contributed by atoms with Crippen molar-refractivity contribution in [3.05, 3.63) is 52.8 Å². The first kappa shape index (κ1) is 18.8. The molecule has 1 aromatic carbocycles. The fourth-order valence-electron chi connectivity index (χ4n) is 4.51. The molecule has 2 aromatic heterocycles. The molecule has 2 bridgehead atoms. The molecule has 6 rings (SSSR count). The fourth-order valence-corrected chi connectivity index (χ4v) is 4.51. The number of piperidine rings is 1. The molecule has 2 unspecified atom stereocenters. The molecule has 0 spiro atoms. The van der Waals surface area contributed by atoms with Crippen molar-refractivity contribution in [2.75, 3.05) is 23.3 Å². The van der Waals surface area contributed by atoms with E-state index in [-0.39, 0.29) is 6.04 Å². The third-order valence-corrected chi connectivity index (χ3v) is 6.23. The topological polar surface area (TPSA) is 87.0 Å². The Morgan fingerprint density at radius 3 is 2.70 bits per heavy atom. The minimum absolute atomic E-state index is 0.0221. The number of hydrogen-bond acceptors (Lipinski definition) is 7. The summed E-state index contributed by atoms with van der Waals surface area (Å²) in [6.07, 6.45) is 3.70. The summed E-state index contributed by atoms with van der Waals surface area (Å²) in [5.74, 6) is 1.68. The van der Waals surface area contributed by atoms with Gasteiger partial charge in [0.05, 0.1) is 35.6 Å². The maximum absolute atomic E-state index is 9.35. The van der Waals surface area contributed by atoms with Crippen molar-refractivity contribution >= 4 is 22.4 Å². The molecule has 7 heteroatoms. The van der Waals surface area contributed by atoms with Gasteiger partial charge < -0.3 is 15.0 Å². The van der Waals surface area contributed by atoms with Crippen molar-refractivity contribution in [3.63, 3.8) is 0 Å². The zero-order chi connectivity index (χ0) is 20.8. The van der Waals surface area contributed by atoms with Crippen LogP contribution in [0.25, 0.3) is 10.8 Å².